The molecule has 0 unspecified atom stereocenters. The van der Waals surface area contributed by atoms with Crippen LogP contribution in [0.15, 0.2) is 12.5 Å². The highest BCUT2D eigenvalue weighted by Gasteiger charge is 2.77. The van der Waals surface area contributed by atoms with E-state index in [-0.39, 0.29) is 56.5 Å². The summed E-state index contributed by atoms with van der Waals surface area (Å²) in [6.45, 7) is 25.8. The van der Waals surface area contributed by atoms with E-state index < -0.39 is 17.3 Å². The molecule has 9 rings (SSSR count). The molecule has 1 aromatic heterocycles. The molecule has 1 saturated heterocycles. The molecular formula is C49H75N3O5. The lowest BCUT2D eigenvalue weighted by Gasteiger charge is -2.77. The Balaban J connectivity index is 0.997. The van der Waals surface area contributed by atoms with Gasteiger partial charge >= 0.3 is 11.9 Å². The van der Waals surface area contributed by atoms with Gasteiger partial charge in [-0.15, -0.1) is 0 Å². The van der Waals surface area contributed by atoms with Gasteiger partial charge < -0.3 is 19.3 Å². The summed E-state index contributed by atoms with van der Waals surface area (Å²) in [6, 6.07) is 0.256. The van der Waals surface area contributed by atoms with Crippen molar-refractivity contribution in [3.63, 3.8) is 0 Å². The molecule has 1 aliphatic heterocycles. The number of aliphatic carboxylic acids is 1. The van der Waals surface area contributed by atoms with Gasteiger partial charge in [0.15, 0.2) is 0 Å². The zero-order valence-electron chi connectivity index (χ0n) is 37.2. The predicted molar refractivity (Wildman–Crippen MR) is 221 cm³/mol. The molecule has 8 aliphatic rings. The molecule has 13 atom stereocenters. The smallest absolute Gasteiger partial charge is 0.309 e. The minimum absolute atomic E-state index is 0.0979. The molecule has 8 fully saturated rings. The van der Waals surface area contributed by atoms with Gasteiger partial charge in [-0.3, -0.25) is 14.4 Å². The average Bonchev–Trinajstić information content (AvgIpc) is 3.45. The van der Waals surface area contributed by atoms with Crippen molar-refractivity contribution in [3.05, 3.63) is 18.2 Å². The number of esters is 1. The van der Waals surface area contributed by atoms with Gasteiger partial charge in [-0.25, -0.2) is 4.98 Å². The van der Waals surface area contributed by atoms with Crippen LogP contribution in [-0.4, -0.2) is 56.1 Å². The van der Waals surface area contributed by atoms with Crippen LogP contribution in [0.5, 0.6) is 0 Å². The first-order valence-corrected chi connectivity index (χ1v) is 23.3. The lowest BCUT2D eigenvalue weighted by molar-refractivity contribution is -0.293. The van der Waals surface area contributed by atoms with Crippen molar-refractivity contribution in [3.8, 4) is 0 Å². The lowest BCUT2D eigenvalue weighted by Crippen LogP contribution is -2.71. The number of hydrogen-bond acceptors (Lipinski definition) is 5. The molecular weight excluding hydrogens is 711 g/mol. The molecule has 0 radical (unpaired) electrons. The van der Waals surface area contributed by atoms with Crippen molar-refractivity contribution in [1.29, 1.82) is 0 Å². The van der Waals surface area contributed by atoms with E-state index in [1.807, 2.05) is 26.4 Å². The highest BCUT2D eigenvalue weighted by atomic mass is 16.5. The van der Waals surface area contributed by atoms with E-state index in [0.717, 1.165) is 64.5 Å². The molecule has 0 spiro atoms. The number of aryl methyl sites for hydroxylation is 1. The minimum Gasteiger partial charge on any atom is -0.481 e. The van der Waals surface area contributed by atoms with Gasteiger partial charge in [0, 0.05) is 36.4 Å². The second-order valence-electron chi connectivity index (χ2n) is 24.0. The fourth-order valence-electron chi connectivity index (χ4n) is 17.3. The van der Waals surface area contributed by atoms with E-state index in [4.69, 9.17) is 4.74 Å². The van der Waals surface area contributed by atoms with Crippen LogP contribution in [0.3, 0.4) is 0 Å². The Morgan fingerprint density at radius 3 is 2.11 bits per heavy atom. The highest BCUT2D eigenvalue weighted by molar-refractivity contribution is 5.84. The van der Waals surface area contributed by atoms with Crippen molar-refractivity contribution in [2.75, 3.05) is 6.54 Å². The zero-order valence-corrected chi connectivity index (χ0v) is 37.2. The first kappa shape index (κ1) is 40.0. The Labute approximate surface area is 343 Å². The molecule has 2 heterocycles. The maximum atomic E-state index is 15.5. The summed E-state index contributed by atoms with van der Waals surface area (Å²) in [5.41, 5.74) is 1.07. The molecule has 7 saturated carbocycles. The SMILES string of the molecule is Cc1cncn1C[C@@H]1CCCN1C(=O)[C@]12CC[C@@H](C3(C)CC3)[C@@H]1[C@H]1CC[C@@]3(C)[C@@](C)(CC[C@H]4C(C)(C)[C@@H](OC(=O)[C@H]5C[C@@H](C(=O)O)C5(C)C)CC[C@@]43C)[C@]1(C)CC2. The zero-order chi connectivity index (χ0) is 40.9. The summed E-state index contributed by atoms with van der Waals surface area (Å²) < 4.78 is 8.77. The number of carbonyl (C=O) groups excluding carboxylic acids is 2. The van der Waals surface area contributed by atoms with E-state index in [9.17, 15) is 14.7 Å². The normalized spacial score (nSPS) is 47.4. The van der Waals surface area contributed by atoms with Crippen LogP contribution in [0.2, 0.25) is 0 Å². The summed E-state index contributed by atoms with van der Waals surface area (Å²) >= 11 is 0. The summed E-state index contributed by atoms with van der Waals surface area (Å²) in [6.07, 6.45) is 20.1. The second-order valence-corrected chi connectivity index (χ2v) is 24.0. The number of amides is 1. The van der Waals surface area contributed by atoms with Crippen LogP contribution in [0.1, 0.15) is 164 Å². The fraction of sp³-hybridized carbons (Fsp3) is 0.878. The van der Waals surface area contributed by atoms with Gasteiger partial charge in [-0.1, -0.05) is 62.3 Å². The monoisotopic (exact) mass is 786 g/mol. The first-order valence-electron chi connectivity index (χ1n) is 23.3. The number of fused-ring (bicyclic) bond motifs is 7. The molecule has 8 heteroatoms. The Kier molecular flexibility index (Phi) is 8.84. The summed E-state index contributed by atoms with van der Waals surface area (Å²) in [5, 5.41) is 9.72. The van der Waals surface area contributed by atoms with Crippen LogP contribution in [-0.2, 0) is 25.7 Å². The number of nitrogens with zero attached hydrogens (tertiary/aromatic N) is 3. The van der Waals surface area contributed by atoms with Crippen molar-refractivity contribution < 1.29 is 24.2 Å². The Bertz CT molecular complexity index is 1830. The molecule has 0 aromatic carbocycles. The maximum absolute atomic E-state index is 15.5. The molecule has 0 bridgehead atoms. The van der Waals surface area contributed by atoms with Crippen molar-refractivity contribution in [1.82, 2.24) is 14.5 Å². The van der Waals surface area contributed by atoms with Gasteiger partial charge in [-0.05, 0) is 159 Å². The average molecular weight is 786 g/mol. The van der Waals surface area contributed by atoms with Crippen LogP contribution in [0.25, 0.3) is 0 Å². The molecule has 8 nitrogen and oxygen atoms in total. The predicted octanol–water partition coefficient (Wildman–Crippen LogP) is 10.1. The van der Waals surface area contributed by atoms with Crippen LogP contribution < -0.4 is 0 Å². The molecule has 57 heavy (non-hydrogen) atoms. The third-order valence-corrected chi connectivity index (χ3v) is 21.8. The van der Waals surface area contributed by atoms with Crippen LogP contribution >= 0.6 is 0 Å². The number of carbonyl (C=O) groups is 3. The van der Waals surface area contributed by atoms with Gasteiger partial charge in [0.25, 0.3) is 0 Å². The molecule has 1 aromatic rings. The van der Waals surface area contributed by atoms with Gasteiger partial charge in [0.05, 0.1) is 23.6 Å². The Morgan fingerprint density at radius 2 is 1.46 bits per heavy atom. The first-order chi connectivity index (χ1) is 26.6. The lowest BCUT2D eigenvalue weighted by atomic mass is 9.27. The number of rotatable bonds is 7. The number of hydrogen-bond donors (Lipinski definition) is 1. The standard InChI is InChI=1S/C49H75N3O5/c1-30-27-50-29-51(30)28-31-12-11-25-52(31)41(56)49-20-14-32(44(6)21-22-44)38(49)33-13-18-48(10)46(8)17-16-37(57-40(55)35-26-34(39(53)54)42(35,2)3)43(4,5)36(46)15-19-47(48,9)45(33,7)23-24-49/h27,29,31-38H,11-26,28H2,1-10H3,(H,53,54)/t31-,32+,33+,34-,35+,36-,37-,38+,45+,46-,47-,48+,49-/m0/s1. The summed E-state index contributed by atoms with van der Waals surface area (Å²) in [7, 11) is 0. The van der Waals surface area contributed by atoms with Crippen LogP contribution in [0.4, 0.5) is 0 Å². The molecule has 1 amide bonds. The quantitative estimate of drug-likeness (QED) is 0.276. The Morgan fingerprint density at radius 1 is 0.772 bits per heavy atom. The third kappa shape index (κ3) is 5.15. The molecule has 7 aliphatic carbocycles. The van der Waals surface area contributed by atoms with E-state index in [2.05, 4.69) is 69.8 Å². The van der Waals surface area contributed by atoms with Gasteiger partial charge in [0.2, 0.25) is 5.91 Å². The van der Waals surface area contributed by atoms with Crippen molar-refractivity contribution in [2.45, 2.75) is 184 Å². The minimum atomic E-state index is -0.808. The summed E-state index contributed by atoms with van der Waals surface area (Å²) in [4.78, 5) is 47.9. The maximum Gasteiger partial charge on any atom is 0.309 e. The van der Waals surface area contributed by atoms with Crippen molar-refractivity contribution in [2.24, 2.45) is 78.8 Å². The van der Waals surface area contributed by atoms with E-state index in [1.165, 1.54) is 44.2 Å². The van der Waals surface area contributed by atoms with Crippen molar-refractivity contribution >= 4 is 17.8 Å². The molecule has 316 valence electrons. The number of carboxylic acids is 1. The van der Waals surface area contributed by atoms with E-state index in [0.29, 0.717) is 41.4 Å². The fourth-order valence-corrected chi connectivity index (χ4v) is 17.3. The van der Waals surface area contributed by atoms with Gasteiger partial charge in [-0.2, -0.15) is 0 Å². The van der Waals surface area contributed by atoms with Gasteiger partial charge in [0.1, 0.15) is 6.10 Å². The number of aromatic nitrogens is 2. The topological polar surface area (TPSA) is 102 Å². The largest absolute Gasteiger partial charge is 0.481 e. The van der Waals surface area contributed by atoms with E-state index in [1.54, 1.807) is 0 Å². The number of likely N-dealkylation sites (tertiary alicyclic amines) is 1. The summed E-state index contributed by atoms with van der Waals surface area (Å²) in [5.74, 6) is 0.746. The number of imidazole rings is 1. The second kappa shape index (κ2) is 12.6. The highest BCUT2D eigenvalue weighted by Crippen LogP contribution is 2.82. The van der Waals surface area contributed by atoms with Crippen LogP contribution in [0, 0.1) is 85.8 Å². The number of ether oxygens (including phenoxy) is 1. The molecule has 1 N–H and O–H groups in total. The third-order valence-electron chi connectivity index (χ3n) is 21.8. The van der Waals surface area contributed by atoms with E-state index >= 15 is 4.79 Å². The number of carboxylic acid groups (broad SMARTS) is 1. The Hall–Kier alpha value is -2.38.